The Hall–Kier alpha value is -2.37. The molecule has 0 aliphatic heterocycles. The van der Waals surface area contributed by atoms with Gasteiger partial charge in [-0.3, -0.25) is 10.1 Å². The number of urea groups is 1. The van der Waals surface area contributed by atoms with Gasteiger partial charge in [0.2, 0.25) is 0 Å². The minimum absolute atomic E-state index is 0.367. The zero-order valence-corrected chi connectivity index (χ0v) is 10.9. The van der Waals surface area contributed by atoms with E-state index in [-0.39, 0.29) is 5.91 Å². The lowest BCUT2D eigenvalue weighted by Gasteiger charge is -2.13. The molecule has 19 heavy (non-hydrogen) atoms. The summed E-state index contributed by atoms with van der Waals surface area (Å²) in [4.78, 5) is 27.5. The standard InChI is InChI=1S/C13H16N4O2/c1-3-14-13(19)16-12(18)9(2)17-8-15-10-6-4-5-7-11(10)17/h4-9H,3H2,1-2H3,(H2,14,16,18,19). The highest BCUT2D eigenvalue weighted by molar-refractivity contribution is 5.96. The molecule has 1 atom stereocenters. The van der Waals surface area contributed by atoms with Crippen LogP contribution in [-0.2, 0) is 4.79 Å². The van der Waals surface area contributed by atoms with Crippen molar-refractivity contribution in [2.45, 2.75) is 19.9 Å². The fraction of sp³-hybridized carbons (Fsp3) is 0.308. The molecule has 1 aromatic carbocycles. The van der Waals surface area contributed by atoms with E-state index in [1.54, 1.807) is 24.7 Å². The van der Waals surface area contributed by atoms with Gasteiger partial charge < -0.3 is 9.88 Å². The normalized spacial score (nSPS) is 12.1. The van der Waals surface area contributed by atoms with Gasteiger partial charge in [-0.25, -0.2) is 9.78 Å². The van der Waals surface area contributed by atoms with Crippen LogP contribution in [0.5, 0.6) is 0 Å². The van der Waals surface area contributed by atoms with Gasteiger partial charge >= 0.3 is 6.03 Å². The van der Waals surface area contributed by atoms with E-state index in [1.165, 1.54) is 0 Å². The SMILES string of the molecule is CCNC(=O)NC(=O)C(C)n1cnc2ccccc21. The van der Waals surface area contributed by atoms with Crippen molar-refractivity contribution in [1.82, 2.24) is 20.2 Å². The number of fused-ring (bicyclic) bond motifs is 1. The summed E-state index contributed by atoms with van der Waals surface area (Å²) in [6, 6.07) is 6.55. The van der Waals surface area contributed by atoms with E-state index in [9.17, 15) is 9.59 Å². The smallest absolute Gasteiger partial charge is 0.321 e. The average Bonchev–Trinajstić information content (AvgIpc) is 2.81. The molecule has 0 saturated heterocycles. The van der Waals surface area contributed by atoms with E-state index >= 15 is 0 Å². The zero-order chi connectivity index (χ0) is 13.8. The van der Waals surface area contributed by atoms with Gasteiger partial charge in [0.15, 0.2) is 0 Å². The predicted octanol–water partition coefficient (Wildman–Crippen LogP) is 1.44. The number of carbonyl (C=O) groups excluding carboxylic acids is 2. The number of para-hydroxylation sites is 2. The molecular formula is C13H16N4O2. The van der Waals surface area contributed by atoms with Crippen molar-refractivity contribution in [1.29, 1.82) is 0 Å². The summed E-state index contributed by atoms with van der Waals surface area (Å²) in [5, 5.41) is 4.81. The first-order chi connectivity index (χ1) is 9.13. The molecule has 1 unspecified atom stereocenters. The van der Waals surface area contributed by atoms with Gasteiger partial charge in [-0.05, 0) is 26.0 Å². The van der Waals surface area contributed by atoms with E-state index in [0.717, 1.165) is 11.0 Å². The van der Waals surface area contributed by atoms with Crippen molar-refractivity contribution >= 4 is 23.0 Å². The number of hydrogen-bond acceptors (Lipinski definition) is 3. The number of carbonyl (C=O) groups is 2. The van der Waals surface area contributed by atoms with Gasteiger partial charge in [-0.15, -0.1) is 0 Å². The highest BCUT2D eigenvalue weighted by Crippen LogP contribution is 2.17. The number of imidazole rings is 1. The van der Waals surface area contributed by atoms with Crippen LogP contribution < -0.4 is 10.6 Å². The van der Waals surface area contributed by atoms with Crippen LogP contribution in [0, 0.1) is 0 Å². The Kier molecular flexibility index (Phi) is 3.79. The summed E-state index contributed by atoms with van der Waals surface area (Å²) in [5.74, 6) is -0.367. The number of benzene rings is 1. The van der Waals surface area contributed by atoms with Crippen molar-refractivity contribution in [2.24, 2.45) is 0 Å². The van der Waals surface area contributed by atoms with Gasteiger partial charge in [0.05, 0.1) is 17.4 Å². The lowest BCUT2D eigenvalue weighted by Crippen LogP contribution is -2.42. The third-order valence-corrected chi connectivity index (χ3v) is 2.85. The van der Waals surface area contributed by atoms with Crippen molar-refractivity contribution < 1.29 is 9.59 Å². The molecule has 0 fully saturated rings. The summed E-state index contributed by atoms with van der Waals surface area (Å²) in [7, 11) is 0. The highest BCUT2D eigenvalue weighted by atomic mass is 16.2. The van der Waals surface area contributed by atoms with E-state index in [2.05, 4.69) is 15.6 Å². The van der Waals surface area contributed by atoms with Crippen LogP contribution >= 0.6 is 0 Å². The Balaban J connectivity index is 2.17. The third-order valence-electron chi connectivity index (χ3n) is 2.85. The second kappa shape index (κ2) is 5.51. The van der Waals surface area contributed by atoms with E-state index in [0.29, 0.717) is 6.54 Å². The number of rotatable bonds is 3. The molecule has 0 aliphatic carbocycles. The van der Waals surface area contributed by atoms with Gasteiger partial charge in [0.1, 0.15) is 6.04 Å². The Labute approximate surface area is 110 Å². The third kappa shape index (κ3) is 2.73. The largest absolute Gasteiger partial charge is 0.338 e. The minimum atomic E-state index is -0.505. The number of nitrogens with one attached hydrogen (secondary N) is 2. The van der Waals surface area contributed by atoms with Crippen LogP contribution in [0.4, 0.5) is 4.79 Å². The monoisotopic (exact) mass is 260 g/mol. The lowest BCUT2D eigenvalue weighted by atomic mass is 10.2. The van der Waals surface area contributed by atoms with Crippen molar-refractivity contribution in [3.63, 3.8) is 0 Å². The molecule has 0 aliphatic rings. The quantitative estimate of drug-likeness (QED) is 0.876. The van der Waals surface area contributed by atoms with Gasteiger partial charge in [-0.2, -0.15) is 0 Å². The first-order valence-corrected chi connectivity index (χ1v) is 6.13. The van der Waals surface area contributed by atoms with Crippen molar-refractivity contribution in [2.75, 3.05) is 6.54 Å². The molecule has 0 saturated carbocycles. The number of hydrogen-bond donors (Lipinski definition) is 2. The molecule has 0 bridgehead atoms. The molecule has 2 rings (SSSR count). The summed E-state index contributed by atoms with van der Waals surface area (Å²) in [6.07, 6.45) is 1.60. The molecular weight excluding hydrogens is 244 g/mol. The maximum absolute atomic E-state index is 11.9. The number of nitrogens with zero attached hydrogens (tertiary/aromatic N) is 2. The molecule has 1 heterocycles. The first-order valence-electron chi connectivity index (χ1n) is 6.13. The van der Waals surface area contributed by atoms with E-state index in [4.69, 9.17) is 0 Å². The number of imide groups is 1. The second-order valence-electron chi connectivity index (χ2n) is 4.17. The topological polar surface area (TPSA) is 76.0 Å². The fourth-order valence-corrected chi connectivity index (χ4v) is 1.83. The van der Waals surface area contributed by atoms with Crippen LogP contribution in [0.2, 0.25) is 0 Å². The fourth-order valence-electron chi connectivity index (χ4n) is 1.83. The van der Waals surface area contributed by atoms with E-state index in [1.807, 2.05) is 24.3 Å². The molecule has 6 heteroatoms. The Morgan fingerprint density at radius 2 is 2.11 bits per heavy atom. The van der Waals surface area contributed by atoms with Crippen LogP contribution in [0.3, 0.4) is 0 Å². The summed E-state index contributed by atoms with van der Waals surface area (Å²) < 4.78 is 1.74. The maximum Gasteiger partial charge on any atom is 0.321 e. The Bertz CT molecular complexity index is 605. The predicted molar refractivity (Wildman–Crippen MR) is 71.7 cm³/mol. The summed E-state index contributed by atoms with van der Waals surface area (Å²) >= 11 is 0. The van der Waals surface area contributed by atoms with Gasteiger partial charge in [0, 0.05) is 6.54 Å². The lowest BCUT2D eigenvalue weighted by molar-refractivity contribution is -0.122. The molecule has 0 radical (unpaired) electrons. The van der Waals surface area contributed by atoms with Crippen LogP contribution in [0.15, 0.2) is 30.6 Å². The molecule has 100 valence electrons. The molecule has 1 aromatic heterocycles. The van der Waals surface area contributed by atoms with Crippen LogP contribution in [0.1, 0.15) is 19.9 Å². The van der Waals surface area contributed by atoms with Crippen LogP contribution in [-0.4, -0.2) is 28.0 Å². The second-order valence-corrected chi connectivity index (χ2v) is 4.17. The van der Waals surface area contributed by atoms with Gasteiger partial charge in [-0.1, -0.05) is 12.1 Å². The highest BCUT2D eigenvalue weighted by Gasteiger charge is 2.18. The van der Waals surface area contributed by atoms with Gasteiger partial charge in [0.25, 0.3) is 5.91 Å². The zero-order valence-electron chi connectivity index (χ0n) is 10.9. The Morgan fingerprint density at radius 1 is 1.37 bits per heavy atom. The molecule has 2 N–H and O–H groups in total. The van der Waals surface area contributed by atoms with Crippen molar-refractivity contribution in [3.05, 3.63) is 30.6 Å². The maximum atomic E-state index is 11.9. The molecule has 3 amide bonds. The molecule has 2 aromatic rings. The molecule has 6 nitrogen and oxygen atoms in total. The number of aromatic nitrogens is 2. The van der Waals surface area contributed by atoms with Crippen LogP contribution in [0.25, 0.3) is 11.0 Å². The summed E-state index contributed by atoms with van der Waals surface area (Å²) in [6.45, 7) is 3.99. The van der Waals surface area contributed by atoms with E-state index < -0.39 is 12.1 Å². The minimum Gasteiger partial charge on any atom is -0.338 e. The summed E-state index contributed by atoms with van der Waals surface area (Å²) in [5.41, 5.74) is 1.68. The van der Waals surface area contributed by atoms with Crippen molar-refractivity contribution in [3.8, 4) is 0 Å². The number of amides is 3. The first kappa shape index (κ1) is 13.1. The Morgan fingerprint density at radius 3 is 2.84 bits per heavy atom. The average molecular weight is 260 g/mol. The molecule has 0 spiro atoms.